The smallest absolute Gasteiger partial charge is 0.140 e. The largest absolute Gasteiger partial charge is 0.456 e. The summed E-state index contributed by atoms with van der Waals surface area (Å²) in [5.41, 5.74) is 13.4. The fraction of sp³-hybridized carbons (Fsp3) is 0.0500. The molecule has 3 heteroatoms. The normalized spacial score (nSPS) is 15.1. The van der Waals surface area contributed by atoms with Gasteiger partial charge in [-0.1, -0.05) is 133 Å². The van der Waals surface area contributed by atoms with Crippen LogP contribution in [0, 0.1) is 0 Å². The quantitative estimate of drug-likeness (QED) is 0.216. The van der Waals surface area contributed by atoms with Crippen molar-refractivity contribution < 1.29 is 4.74 Å². The van der Waals surface area contributed by atoms with Crippen molar-refractivity contribution in [2.24, 2.45) is 10.2 Å². The third-order valence-corrected chi connectivity index (χ3v) is 9.11. The number of para-hydroxylation sites is 2. The second-order valence-corrected chi connectivity index (χ2v) is 11.3. The molecule has 6 aromatic rings. The van der Waals surface area contributed by atoms with Crippen LogP contribution in [0.25, 0.3) is 22.3 Å². The number of rotatable bonds is 3. The van der Waals surface area contributed by atoms with Gasteiger partial charge >= 0.3 is 0 Å². The van der Waals surface area contributed by atoms with Gasteiger partial charge in [0.15, 0.2) is 0 Å². The summed E-state index contributed by atoms with van der Waals surface area (Å²) in [5, 5.41) is 9.13. The second kappa shape index (κ2) is 9.23. The molecule has 0 radical (unpaired) electrons. The first-order valence-electron chi connectivity index (χ1n) is 14.7. The lowest BCUT2D eigenvalue weighted by Gasteiger charge is -2.40. The zero-order valence-electron chi connectivity index (χ0n) is 23.4. The first-order chi connectivity index (χ1) is 21.3. The first-order valence-corrected chi connectivity index (χ1v) is 14.7. The highest BCUT2D eigenvalue weighted by Gasteiger charge is 2.51. The van der Waals surface area contributed by atoms with Crippen LogP contribution >= 0.6 is 0 Å². The van der Waals surface area contributed by atoms with Crippen LogP contribution in [0.4, 0.5) is 0 Å². The van der Waals surface area contributed by atoms with Crippen LogP contribution < -0.4 is 4.74 Å². The Balaban J connectivity index is 1.21. The summed E-state index contributed by atoms with van der Waals surface area (Å²) < 4.78 is 6.87. The monoisotopic (exact) mass is 550 g/mol. The molecule has 0 amide bonds. The van der Waals surface area contributed by atoms with E-state index in [0.717, 1.165) is 45.2 Å². The Morgan fingerprint density at radius 3 is 1.74 bits per heavy atom. The van der Waals surface area contributed by atoms with Crippen molar-refractivity contribution in [3.63, 3.8) is 0 Å². The number of nitrogens with zero attached hydrogens (tertiary/aromatic N) is 2. The summed E-state index contributed by atoms with van der Waals surface area (Å²) in [6.45, 7) is 0. The average molecular weight is 551 g/mol. The van der Waals surface area contributed by atoms with E-state index in [0.29, 0.717) is 6.42 Å². The molecule has 1 spiro atoms. The Bertz CT molecular complexity index is 2090. The topological polar surface area (TPSA) is 34.0 Å². The molecule has 3 nitrogen and oxygen atoms in total. The highest BCUT2D eigenvalue weighted by atomic mass is 16.5. The molecule has 0 atom stereocenters. The maximum atomic E-state index is 6.87. The number of ether oxygens (including phenoxy) is 1. The molecule has 0 bridgehead atoms. The van der Waals surface area contributed by atoms with Gasteiger partial charge < -0.3 is 4.74 Å². The Morgan fingerprint density at radius 1 is 0.442 bits per heavy atom. The van der Waals surface area contributed by atoms with E-state index >= 15 is 0 Å². The molecular weight excluding hydrogens is 524 g/mol. The van der Waals surface area contributed by atoms with Crippen LogP contribution in [0.3, 0.4) is 0 Å². The van der Waals surface area contributed by atoms with E-state index < -0.39 is 5.41 Å². The SMILES string of the molecule is c1ccc(C2=NN=C(c3cccc(-c4cccc5c4Oc4ccccc4C54c5ccccc5-c5ccccc54)c3)C2)cc1. The summed E-state index contributed by atoms with van der Waals surface area (Å²) in [6.07, 6.45) is 0.709. The predicted molar refractivity (Wildman–Crippen MR) is 173 cm³/mol. The van der Waals surface area contributed by atoms with Gasteiger partial charge in [-0.25, -0.2) is 0 Å². The van der Waals surface area contributed by atoms with Gasteiger partial charge in [-0.15, -0.1) is 0 Å². The van der Waals surface area contributed by atoms with Crippen LogP contribution in [0.15, 0.2) is 156 Å². The van der Waals surface area contributed by atoms with E-state index in [4.69, 9.17) is 4.74 Å². The summed E-state index contributed by atoms with van der Waals surface area (Å²) in [4.78, 5) is 0. The maximum Gasteiger partial charge on any atom is 0.140 e. The lowest BCUT2D eigenvalue weighted by Crippen LogP contribution is -2.32. The lowest BCUT2D eigenvalue weighted by atomic mass is 9.65. The van der Waals surface area contributed by atoms with Gasteiger partial charge in [-0.05, 0) is 51.1 Å². The molecule has 1 aliphatic carbocycles. The number of benzene rings is 6. The molecule has 3 aliphatic rings. The van der Waals surface area contributed by atoms with Crippen molar-refractivity contribution >= 4 is 11.4 Å². The Hall–Kier alpha value is -5.54. The van der Waals surface area contributed by atoms with Gasteiger partial charge in [0.25, 0.3) is 0 Å². The van der Waals surface area contributed by atoms with Crippen LogP contribution in [-0.4, -0.2) is 11.4 Å². The highest BCUT2D eigenvalue weighted by molar-refractivity contribution is 6.20. The van der Waals surface area contributed by atoms with Gasteiger partial charge in [0.1, 0.15) is 11.5 Å². The molecule has 0 saturated heterocycles. The van der Waals surface area contributed by atoms with Crippen molar-refractivity contribution in [1.82, 2.24) is 0 Å². The average Bonchev–Trinajstić information content (AvgIpc) is 3.69. The molecule has 202 valence electrons. The van der Waals surface area contributed by atoms with E-state index in [1.807, 2.05) is 18.2 Å². The molecule has 0 N–H and O–H groups in total. The molecular formula is C40H26N2O. The molecule has 9 rings (SSSR count). The van der Waals surface area contributed by atoms with Gasteiger partial charge in [0, 0.05) is 23.1 Å². The molecule has 0 fully saturated rings. The molecule has 2 aliphatic heterocycles. The Labute approximate surface area is 250 Å². The lowest BCUT2D eigenvalue weighted by molar-refractivity contribution is 0.438. The minimum Gasteiger partial charge on any atom is -0.456 e. The fourth-order valence-corrected chi connectivity index (χ4v) is 7.27. The van der Waals surface area contributed by atoms with E-state index in [1.54, 1.807) is 0 Å². The van der Waals surface area contributed by atoms with Gasteiger partial charge in [-0.2, -0.15) is 10.2 Å². The van der Waals surface area contributed by atoms with Crippen LogP contribution in [-0.2, 0) is 5.41 Å². The summed E-state index contributed by atoms with van der Waals surface area (Å²) >= 11 is 0. The molecule has 43 heavy (non-hydrogen) atoms. The van der Waals surface area contributed by atoms with Crippen molar-refractivity contribution in [3.05, 3.63) is 179 Å². The standard InChI is InChI=1S/C40H26N2O/c1-2-12-26(13-3-1)36-25-37(42-41-36)28-15-10-14-27(24-28)29-18-11-22-35-39(29)43-38-23-9-8-21-34(38)40(35)32-19-6-4-16-30(32)31-17-5-7-20-33(31)40/h1-24H,25H2. The zero-order valence-corrected chi connectivity index (χ0v) is 23.4. The third kappa shape index (κ3) is 3.42. The Kier molecular flexibility index (Phi) is 5.17. The maximum absolute atomic E-state index is 6.87. The van der Waals surface area contributed by atoms with E-state index in [-0.39, 0.29) is 0 Å². The van der Waals surface area contributed by atoms with E-state index in [2.05, 4.69) is 138 Å². The van der Waals surface area contributed by atoms with Crippen LogP contribution in [0.5, 0.6) is 11.5 Å². The van der Waals surface area contributed by atoms with E-state index in [9.17, 15) is 0 Å². The van der Waals surface area contributed by atoms with Crippen LogP contribution in [0.2, 0.25) is 0 Å². The van der Waals surface area contributed by atoms with Crippen molar-refractivity contribution in [3.8, 4) is 33.8 Å². The third-order valence-electron chi connectivity index (χ3n) is 9.11. The van der Waals surface area contributed by atoms with Crippen molar-refractivity contribution in [1.29, 1.82) is 0 Å². The van der Waals surface area contributed by atoms with E-state index in [1.165, 1.54) is 33.4 Å². The van der Waals surface area contributed by atoms with Gasteiger partial charge in [0.05, 0.1) is 16.8 Å². The number of hydrogen-bond donors (Lipinski definition) is 0. The Morgan fingerprint density at radius 2 is 0.977 bits per heavy atom. The predicted octanol–water partition coefficient (Wildman–Crippen LogP) is 9.42. The summed E-state index contributed by atoms with van der Waals surface area (Å²) in [6, 6.07) is 51.7. The number of hydrogen-bond acceptors (Lipinski definition) is 3. The second-order valence-electron chi connectivity index (χ2n) is 11.3. The molecule has 0 aromatic heterocycles. The molecule has 6 aromatic carbocycles. The number of fused-ring (bicyclic) bond motifs is 9. The minimum absolute atomic E-state index is 0.473. The van der Waals surface area contributed by atoms with Crippen molar-refractivity contribution in [2.45, 2.75) is 11.8 Å². The van der Waals surface area contributed by atoms with Gasteiger partial charge in [-0.3, -0.25) is 0 Å². The van der Waals surface area contributed by atoms with Crippen molar-refractivity contribution in [2.75, 3.05) is 0 Å². The highest BCUT2D eigenvalue weighted by Crippen LogP contribution is 2.63. The summed E-state index contributed by atoms with van der Waals surface area (Å²) in [7, 11) is 0. The first kappa shape index (κ1) is 24.1. The molecule has 0 saturated carbocycles. The molecule has 2 heterocycles. The van der Waals surface area contributed by atoms with Gasteiger partial charge in [0.2, 0.25) is 0 Å². The molecule has 0 unspecified atom stereocenters. The fourth-order valence-electron chi connectivity index (χ4n) is 7.27. The zero-order chi connectivity index (χ0) is 28.4. The summed E-state index contributed by atoms with van der Waals surface area (Å²) in [5.74, 6) is 1.80. The van der Waals surface area contributed by atoms with Crippen LogP contribution in [0.1, 0.15) is 39.8 Å². The minimum atomic E-state index is -0.473.